The molecule has 3 heterocycles. The Morgan fingerprint density at radius 2 is 1.75 bits per heavy atom. The molecular weight excluding hydrogens is 534 g/mol. The van der Waals surface area contributed by atoms with Crippen molar-refractivity contribution in [3.05, 3.63) is 89.8 Å². The van der Waals surface area contributed by atoms with Crippen LogP contribution in [0.15, 0.2) is 67.0 Å². The molecule has 1 unspecified atom stereocenters. The molecule has 0 amide bonds. The molecular formula is C29H32F2N6O2S. The smallest absolute Gasteiger partial charge is 0.228 e. The molecule has 3 N–H and O–H groups in total. The minimum atomic E-state index is -1.66. The van der Waals surface area contributed by atoms with Gasteiger partial charge in [-0.3, -0.25) is 0 Å². The maximum atomic E-state index is 15.0. The fourth-order valence-corrected chi connectivity index (χ4v) is 4.98. The number of pyridine rings is 1. The van der Waals surface area contributed by atoms with Gasteiger partial charge < -0.3 is 20.1 Å². The summed E-state index contributed by atoms with van der Waals surface area (Å²) in [5, 5.41) is 6.13. The topological polar surface area (TPSA) is 101 Å². The van der Waals surface area contributed by atoms with E-state index in [9.17, 15) is 8.60 Å². The molecule has 1 saturated heterocycles. The van der Waals surface area contributed by atoms with Gasteiger partial charge in [0.1, 0.15) is 11.0 Å². The minimum absolute atomic E-state index is 0.0537. The molecule has 0 radical (unpaired) electrons. The molecule has 5 rings (SSSR count). The summed E-state index contributed by atoms with van der Waals surface area (Å²) in [6.07, 6.45) is 7.25. The van der Waals surface area contributed by atoms with E-state index in [0.29, 0.717) is 22.8 Å². The lowest BCUT2D eigenvalue weighted by Crippen LogP contribution is -2.21. The van der Waals surface area contributed by atoms with E-state index >= 15 is 4.39 Å². The third-order valence-electron chi connectivity index (χ3n) is 6.04. The van der Waals surface area contributed by atoms with Gasteiger partial charge in [-0.2, -0.15) is 4.39 Å². The number of hydrogen-bond acceptors (Lipinski definition) is 7. The molecule has 1 aliphatic rings. The highest BCUT2D eigenvalue weighted by Gasteiger charge is 2.22. The third-order valence-corrected chi connectivity index (χ3v) is 7.09. The van der Waals surface area contributed by atoms with Crippen molar-refractivity contribution in [2.75, 3.05) is 30.2 Å². The molecule has 0 spiro atoms. The minimum Gasteiger partial charge on any atom is -0.435 e. The van der Waals surface area contributed by atoms with Crippen molar-refractivity contribution >= 4 is 22.6 Å². The van der Waals surface area contributed by atoms with Crippen LogP contribution < -0.4 is 20.1 Å². The number of aromatic nitrogens is 3. The summed E-state index contributed by atoms with van der Waals surface area (Å²) in [6.45, 7) is 4.07. The molecule has 1 aliphatic heterocycles. The van der Waals surface area contributed by atoms with Gasteiger partial charge >= 0.3 is 0 Å². The molecule has 1 atom stereocenters. The Labute approximate surface area is 235 Å². The molecule has 11 heteroatoms. The number of benzene rings is 2. The molecule has 0 aliphatic carbocycles. The largest absolute Gasteiger partial charge is 0.435 e. The molecule has 8 nitrogen and oxygen atoms in total. The zero-order valence-electron chi connectivity index (χ0n) is 22.4. The number of nitrogens with zero attached hydrogens (tertiary/aromatic N) is 3. The number of rotatable bonds is 8. The lowest BCUT2D eigenvalue weighted by Gasteiger charge is -2.15. The van der Waals surface area contributed by atoms with Crippen LogP contribution in [0.2, 0.25) is 0 Å². The Morgan fingerprint density at radius 1 is 0.975 bits per heavy atom. The summed E-state index contributed by atoms with van der Waals surface area (Å²) >= 11 is 0. The van der Waals surface area contributed by atoms with E-state index in [0.717, 1.165) is 5.56 Å². The second kappa shape index (κ2) is 14.4. The van der Waals surface area contributed by atoms with Gasteiger partial charge in [-0.05, 0) is 68.2 Å². The first-order valence-electron chi connectivity index (χ1n) is 13.0. The Kier molecular flexibility index (Phi) is 10.5. The highest BCUT2D eigenvalue weighted by Crippen LogP contribution is 2.36. The summed E-state index contributed by atoms with van der Waals surface area (Å²) < 4.78 is 50.6. The first-order valence-corrected chi connectivity index (χ1v) is 14.3. The number of ether oxygens (including phenoxy) is 1. The molecule has 1 fully saturated rings. The van der Waals surface area contributed by atoms with Crippen LogP contribution >= 0.6 is 0 Å². The van der Waals surface area contributed by atoms with Crippen LogP contribution in [0.1, 0.15) is 30.4 Å². The van der Waals surface area contributed by atoms with Crippen LogP contribution in [-0.2, 0) is 16.7 Å². The number of piperidine rings is 1. The number of hydrogen-bond donors (Lipinski definition) is 3. The lowest BCUT2D eigenvalue weighted by atomic mass is 10.1. The Balaban J connectivity index is 0.000000546. The van der Waals surface area contributed by atoms with Crippen molar-refractivity contribution < 1.29 is 17.7 Å². The van der Waals surface area contributed by atoms with Gasteiger partial charge in [-0.25, -0.2) is 23.6 Å². The highest BCUT2D eigenvalue weighted by molar-refractivity contribution is 7.85. The van der Waals surface area contributed by atoms with Crippen molar-refractivity contribution in [1.82, 2.24) is 20.3 Å². The fourth-order valence-electron chi connectivity index (χ4n) is 4.02. The van der Waals surface area contributed by atoms with Crippen LogP contribution in [0.25, 0.3) is 11.3 Å². The molecule has 0 bridgehead atoms. The summed E-state index contributed by atoms with van der Waals surface area (Å²) in [6, 6.07) is 15.5. The van der Waals surface area contributed by atoms with E-state index < -0.39 is 22.6 Å². The van der Waals surface area contributed by atoms with E-state index in [1.165, 1.54) is 44.6 Å². The Hall–Kier alpha value is -3.96. The van der Waals surface area contributed by atoms with Gasteiger partial charge in [0.05, 0.1) is 22.7 Å². The zero-order chi connectivity index (χ0) is 28.3. The van der Waals surface area contributed by atoms with E-state index in [-0.39, 0.29) is 23.1 Å². The quantitative estimate of drug-likeness (QED) is 0.241. The maximum absolute atomic E-state index is 15.0. The standard InChI is InChI=1S/C24H21F2N5O2S.C5H11N/c1-15-13-19(31-34(32)14-16-7-4-3-5-8-16)20(25)21(26)22(15)33-23-17(9-6-11-28-23)18-10-12-29-24(27-2)30-18;1-2-4-6-5-3-1/h3-13,31H,14H2,1-2H3,(H,27,29,30);6H,1-5H2. The van der Waals surface area contributed by atoms with Crippen LogP contribution in [-0.4, -0.2) is 39.3 Å². The van der Waals surface area contributed by atoms with Crippen molar-refractivity contribution in [3.63, 3.8) is 0 Å². The molecule has 210 valence electrons. The number of aryl methyl sites for hydroxylation is 1. The Morgan fingerprint density at radius 3 is 2.42 bits per heavy atom. The molecule has 40 heavy (non-hydrogen) atoms. The maximum Gasteiger partial charge on any atom is 0.228 e. The van der Waals surface area contributed by atoms with Crippen LogP contribution in [0, 0.1) is 18.6 Å². The molecule has 0 saturated carbocycles. The summed E-state index contributed by atoms with van der Waals surface area (Å²) in [5.41, 5.74) is 1.86. The monoisotopic (exact) mass is 566 g/mol. The molecule has 2 aromatic carbocycles. The molecule has 2 aromatic heterocycles. The Bertz CT molecular complexity index is 1430. The van der Waals surface area contributed by atoms with E-state index in [2.05, 4.69) is 30.3 Å². The average Bonchev–Trinajstić information content (AvgIpc) is 3.00. The van der Waals surface area contributed by atoms with Gasteiger partial charge in [-0.15, -0.1) is 0 Å². The number of nitrogens with one attached hydrogen (secondary N) is 3. The number of halogens is 2. The van der Waals surface area contributed by atoms with Crippen molar-refractivity contribution in [2.24, 2.45) is 0 Å². The summed E-state index contributed by atoms with van der Waals surface area (Å²) in [7, 11) is 0.0291. The van der Waals surface area contributed by atoms with Crippen LogP contribution in [0.3, 0.4) is 0 Å². The van der Waals surface area contributed by atoms with Crippen molar-refractivity contribution in [3.8, 4) is 22.9 Å². The zero-order valence-corrected chi connectivity index (χ0v) is 23.2. The van der Waals surface area contributed by atoms with E-state index in [1.54, 1.807) is 50.5 Å². The molecule has 4 aromatic rings. The van der Waals surface area contributed by atoms with Gasteiger partial charge in [0.25, 0.3) is 0 Å². The van der Waals surface area contributed by atoms with Gasteiger partial charge in [-0.1, -0.05) is 36.8 Å². The normalized spacial score (nSPS) is 13.5. The highest BCUT2D eigenvalue weighted by atomic mass is 32.2. The van der Waals surface area contributed by atoms with Gasteiger partial charge in [0.2, 0.25) is 17.6 Å². The van der Waals surface area contributed by atoms with Crippen LogP contribution in [0.5, 0.6) is 11.6 Å². The second-order valence-electron chi connectivity index (χ2n) is 9.06. The van der Waals surface area contributed by atoms with Crippen molar-refractivity contribution in [1.29, 1.82) is 0 Å². The average molecular weight is 567 g/mol. The third kappa shape index (κ3) is 7.80. The number of anilines is 2. The van der Waals surface area contributed by atoms with Crippen molar-refractivity contribution in [2.45, 2.75) is 31.9 Å². The lowest BCUT2D eigenvalue weighted by molar-refractivity contribution is 0.404. The van der Waals surface area contributed by atoms with Crippen LogP contribution in [0.4, 0.5) is 20.4 Å². The fraction of sp³-hybridized carbons (Fsp3) is 0.276. The SMILES string of the molecule is C1CCNCC1.CNc1nccc(-c2cccnc2Oc2c(C)cc(NS(=O)Cc3ccccc3)c(F)c2F)n1. The predicted molar refractivity (Wildman–Crippen MR) is 155 cm³/mol. The second-order valence-corrected chi connectivity index (χ2v) is 10.2. The van der Waals surface area contributed by atoms with Gasteiger partial charge in [0.15, 0.2) is 11.6 Å². The first-order chi connectivity index (χ1) is 19.5. The summed E-state index contributed by atoms with van der Waals surface area (Å²) in [4.78, 5) is 12.6. The summed E-state index contributed by atoms with van der Waals surface area (Å²) in [5.74, 6) is -2.14. The van der Waals surface area contributed by atoms with E-state index in [1.807, 2.05) is 18.2 Å². The first kappa shape index (κ1) is 29.0. The van der Waals surface area contributed by atoms with Gasteiger partial charge in [0, 0.05) is 19.4 Å². The van der Waals surface area contributed by atoms with E-state index in [4.69, 9.17) is 4.74 Å². The predicted octanol–water partition coefficient (Wildman–Crippen LogP) is 5.99.